The Kier molecular flexibility index (Phi) is 4.09. The lowest BCUT2D eigenvalue weighted by atomic mass is 9.72. The fraction of sp³-hybridized carbons (Fsp3) is 0.167. The fourth-order valence-electron chi connectivity index (χ4n) is 4.36. The highest BCUT2D eigenvalue weighted by molar-refractivity contribution is 6.08. The van der Waals surface area contributed by atoms with Crippen LogP contribution in [-0.2, 0) is 15.3 Å². The predicted molar refractivity (Wildman–Crippen MR) is 109 cm³/mol. The van der Waals surface area contributed by atoms with E-state index >= 15 is 0 Å². The molecule has 29 heavy (non-hydrogen) atoms. The van der Waals surface area contributed by atoms with Crippen molar-refractivity contribution in [1.82, 2.24) is 5.32 Å². The number of benzene rings is 3. The number of nitrogens with one attached hydrogen (secondary N) is 2. The van der Waals surface area contributed by atoms with Crippen molar-refractivity contribution >= 4 is 17.5 Å². The number of amides is 2. The first kappa shape index (κ1) is 17.5. The van der Waals surface area contributed by atoms with Gasteiger partial charge in [-0.05, 0) is 23.8 Å². The molecule has 5 rings (SSSR count). The summed E-state index contributed by atoms with van der Waals surface area (Å²) < 4.78 is 6.33. The Labute approximate surface area is 168 Å². The number of ether oxygens (including phenoxy) is 1. The van der Waals surface area contributed by atoms with Crippen LogP contribution in [0.1, 0.15) is 23.5 Å². The van der Waals surface area contributed by atoms with E-state index in [0.717, 1.165) is 11.1 Å². The highest BCUT2D eigenvalue weighted by atomic mass is 16.5. The maximum absolute atomic E-state index is 13.2. The van der Waals surface area contributed by atoms with Gasteiger partial charge < -0.3 is 15.4 Å². The first-order chi connectivity index (χ1) is 14.2. The number of carbonyl (C=O) groups is 2. The van der Waals surface area contributed by atoms with Crippen molar-refractivity contribution in [2.45, 2.75) is 18.1 Å². The molecule has 2 bridgehead atoms. The molecule has 3 atom stereocenters. The Bertz CT molecular complexity index is 1070. The van der Waals surface area contributed by atoms with Crippen LogP contribution in [0.2, 0.25) is 0 Å². The molecule has 0 radical (unpaired) electrons. The second kappa shape index (κ2) is 6.78. The van der Waals surface area contributed by atoms with E-state index in [1.165, 1.54) is 0 Å². The summed E-state index contributed by atoms with van der Waals surface area (Å²) in [5.74, 6) is -1.05. The Morgan fingerprint density at radius 2 is 1.59 bits per heavy atom. The van der Waals surface area contributed by atoms with Crippen molar-refractivity contribution < 1.29 is 14.3 Å². The highest BCUT2D eigenvalue weighted by Crippen LogP contribution is 2.50. The molecule has 0 unspecified atom stereocenters. The molecule has 2 aliphatic heterocycles. The van der Waals surface area contributed by atoms with E-state index in [1.807, 2.05) is 84.9 Å². The largest absolute Gasteiger partial charge is 0.464 e. The molecule has 2 amide bonds. The standard InChI is InChI=1S/C24H20N2O3/c27-22(25-17-11-5-2-6-12-17)21-19-15-24(26-23(21)28,16-9-3-1-4-10-16)29-20-14-8-7-13-18(19)20/h1-14,19,21H,15H2,(H,25,27)(H,26,28)/t19-,21+,24+/m1/s1. The third-order valence-electron chi connectivity index (χ3n) is 5.68. The van der Waals surface area contributed by atoms with Gasteiger partial charge in [-0.3, -0.25) is 9.59 Å². The van der Waals surface area contributed by atoms with E-state index in [9.17, 15) is 9.59 Å². The number of hydrogen-bond acceptors (Lipinski definition) is 3. The van der Waals surface area contributed by atoms with Gasteiger partial charge in [0.15, 0.2) is 0 Å². The third-order valence-corrected chi connectivity index (χ3v) is 5.68. The molecule has 1 fully saturated rings. The molecule has 3 aromatic rings. The van der Waals surface area contributed by atoms with Crippen LogP contribution in [0.3, 0.4) is 0 Å². The van der Waals surface area contributed by atoms with Crippen LogP contribution in [-0.4, -0.2) is 11.8 Å². The van der Waals surface area contributed by atoms with Crippen LogP contribution < -0.4 is 15.4 Å². The van der Waals surface area contributed by atoms with Crippen molar-refractivity contribution in [1.29, 1.82) is 0 Å². The lowest BCUT2D eigenvalue weighted by Crippen LogP contribution is -2.62. The summed E-state index contributed by atoms with van der Waals surface area (Å²) in [5.41, 5.74) is 1.46. The summed E-state index contributed by atoms with van der Waals surface area (Å²) in [5, 5.41) is 5.90. The topological polar surface area (TPSA) is 67.4 Å². The van der Waals surface area contributed by atoms with Crippen LogP contribution in [0.5, 0.6) is 5.75 Å². The van der Waals surface area contributed by atoms with Crippen LogP contribution in [0.25, 0.3) is 0 Å². The minimum absolute atomic E-state index is 0.280. The molecule has 0 aromatic heterocycles. The van der Waals surface area contributed by atoms with Crippen molar-refractivity contribution in [3.8, 4) is 5.75 Å². The minimum atomic E-state index is -0.971. The van der Waals surface area contributed by atoms with Crippen molar-refractivity contribution in [2.24, 2.45) is 5.92 Å². The number of para-hydroxylation sites is 2. The maximum atomic E-state index is 13.2. The van der Waals surface area contributed by atoms with Gasteiger partial charge in [0.2, 0.25) is 17.5 Å². The molecule has 5 heteroatoms. The molecule has 0 spiro atoms. The third kappa shape index (κ3) is 2.95. The maximum Gasteiger partial charge on any atom is 0.237 e. The quantitative estimate of drug-likeness (QED) is 0.675. The summed E-state index contributed by atoms with van der Waals surface area (Å²) in [6.45, 7) is 0. The van der Waals surface area contributed by atoms with E-state index in [4.69, 9.17) is 4.74 Å². The Morgan fingerprint density at radius 3 is 2.34 bits per heavy atom. The second-order valence-electron chi connectivity index (χ2n) is 7.47. The number of anilines is 1. The van der Waals surface area contributed by atoms with Crippen LogP contribution in [0, 0.1) is 5.92 Å². The molecule has 2 aliphatic rings. The average molecular weight is 384 g/mol. The summed E-state index contributed by atoms with van der Waals surface area (Å²) >= 11 is 0. The summed E-state index contributed by atoms with van der Waals surface area (Å²) in [6.07, 6.45) is 0.493. The van der Waals surface area contributed by atoms with E-state index in [0.29, 0.717) is 17.9 Å². The first-order valence-corrected chi connectivity index (χ1v) is 9.68. The number of carbonyl (C=O) groups excluding carboxylic acids is 2. The molecule has 1 saturated heterocycles. The molecule has 3 aromatic carbocycles. The van der Waals surface area contributed by atoms with Gasteiger partial charge in [0.05, 0.1) is 0 Å². The number of piperidine rings is 1. The molecular weight excluding hydrogens is 364 g/mol. The van der Waals surface area contributed by atoms with Crippen molar-refractivity contribution in [3.63, 3.8) is 0 Å². The van der Waals surface area contributed by atoms with Gasteiger partial charge in [-0.1, -0.05) is 66.7 Å². The lowest BCUT2D eigenvalue weighted by Gasteiger charge is -2.48. The van der Waals surface area contributed by atoms with E-state index in [2.05, 4.69) is 10.6 Å². The number of hydrogen-bond donors (Lipinski definition) is 2. The van der Waals surface area contributed by atoms with Crippen LogP contribution in [0.15, 0.2) is 84.9 Å². The zero-order valence-corrected chi connectivity index (χ0v) is 15.7. The number of rotatable bonds is 3. The highest BCUT2D eigenvalue weighted by Gasteiger charge is 2.54. The van der Waals surface area contributed by atoms with Gasteiger partial charge in [0, 0.05) is 23.6 Å². The second-order valence-corrected chi connectivity index (χ2v) is 7.47. The normalized spacial score (nSPS) is 24.6. The van der Waals surface area contributed by atoms with Crippen LogP contribution >= 0.6 is 0 Å². The van der Waals surface area contributed by atoms with Gasteiger partial charge >= 0.3 is 0 Å². The first-order valence-electron chi connectivity index (χ1n) is 9.68. The lowest BCUT2D eigenvalue weighted by molar-refractivity contribution is -0.147. The summed E-state index contributed by atoms with van der Waals surface area (Å²) in [6, 6.07) is 26.5. The molecule has 0 aliphatic carbocycles. The van der Waals surface area contributed by atoms with E-state index in [1.54, 1.807) is 0 Å². The minimum Gasteiger partial charge on any atom is -0.464 e. The molecule has 144 valence electrons. The van der Waals surface area contributed by atoms with Gasteiger partial charge in [0.1, 0.15) is 11.7 Å². The zero-order valence-electron chi connectivity index (χ0n) is 15.7. The van der Waals surface area contributed by atoms with Crippen molar-refractivity contribution in [3.05, 3.63) is 96.1 Å². The van der Waals surface area contributed by atoms with Crippen molar-refractivity contribution in [2.75, 3.05) is 5.32 Å². The van der Waals surface area contributed by atoms with Gasteiger partial charge in [-0.2, -0.15) is 0 Å². The average Bonchev–Trinajstić information content (AvgIpc) is 2.75. The van der Waals surface area contributed by atoms with Crippen LogP contribution in [0.4, 0.5) is 5.69 Å². The molecule has 5 nitrogen and oxygen atoms in total. The Hall–Kier alpha value is -3.60. The Balaban J connectivity index is 1.56. The number of fused-ring (bicyclic) bond motifs is 4. The molecular formula is C24H20N2O3. The van der Waals surface area contributed by atoms with Gasteiger partial charge in [-0.15, -0.1) is 0 Å². The fourth-order valence-corrected chi connectivity index (χ4v) is 4.36. The van der Waals surface area contributed by atoms with E-state index in [-0.39, 0.29) is 17.7 Å². The zero-order chi connectivity index (χ0) is 19.8. The monoisotopic (exact) mass is 384 g/mol. The summed E-state index contributed by atoms with van der Waals surface area (Å²) in [7, 11) is 0. The summed E-state index contributed by atoms with van der Waals surface area (Å²) in [4.78, 5) is 26.3. The van der Waals surface area contributed by atoms with Gasteiger partial charge in [-0.25, -0.2) is 0 Å². The smallest absolute Gasteiger partial charge is 0.237 e. The SMILES string of the molecule is O=C(Nc1ccccc1)[C@H]1C(=O)N[C@@]2(c3ccccc3)C[C@@H]1c1ccccc1O2. The van der Waals surface area contributed by atoms with E-state index < -0.39 is 11.6 Å². The molecule has 2 heterocycles. The Morgan fingerprint density at radius 1 is 0.931 bits per heavy atom. The molecule has 2 N–H and O–H groups in total. The molecule has 0 saturated carbocycles. The van der Waals surface area contributed by atoms with Gasteiger partial charge in [0.25, 0.3) is 0 Å². The predicted octanol–water partition coefficient (Wildman–Crippen LogP) is 3.79.